The molecule has 1 amide bonds. The van der Waals surface area contributed by atoms with Crippen molar-refractivity contribution in [1.29, 1.82) is 0 Å². The number of carbonyl (C=O) groups is 1. The summed E-state index contributed by atoms with van der Waals surface area (Å²) in [6.07, 6.45) is 0.816. The maximum Gasteiger partial charge on any atom is 0.407 e. The summed E-state index contributed by atoms with van der Waals surface area (Å²) >= 11 is 0. The molecule has 1 aliphatic rings. The number of hydrogen-bond acceptors (Lipinski definition) is 6. The predicted octanol–water partition coefficient (Wildman–Crippen LogP) is 2.27. The van der Waals surface area contributed by atoms with E-state index >= 15 is 0 Å². The molecule has 2 aromatic heterocycles. The highest BCUT2D eigenvalue weighted by atomic mass is 16.4. The third-order valence-corrected chi connectivity index (χ3v) is 4.48. The van der Waals surface area contributed by atoms with Gasteiger partial charge in [-0.3, -0.25) is 4.90 Å². The zero-order valence-corrected chi connectivity index (χ0v) is 14.1. The van der Waals surface area contributed by atoms with Gasteiger partial charge in [0.2, 0.25) is 5.89 Å². The topological polar surface area (TPSA) is 109 Å². The summed E-state index contributed by atoms with van der Waals surface area (Å²) in [7, 11) is 0. The van der Waals surface area contributed by atoms with Gasteiger partial charge in [-0.2, -0.15) is 4.98 Å². The van der Waals surface area contributed by atoms with Crippen molar-refractivity contribution in [2.75, 3.05) is 31.9 Å². The zero-order chi connectivity index (χ0) is 18.1. The van der Waals surface area contributed by atoms with E-state index in [4.69, 9.17) is 15.3 Å². The fourth-order valence-electron chi connectivity index (χ4n) is 3.18. The highest BCUT2D eigenvalue weighted by Crippen LogP contribution is 2.26. The van der Waals surface area contributed by atoms with E-state index < -0.39 is 6.09 Å². The van der Waals surface area contributed by atoms with E-state index in [2.05, 4.69) is 14.9 Å². The summed E-state index contributed by atoms with van der Waals surface area (Å²) in [5.41, 5.74) is 9.75. The molecule has 0 atom stereocenters. The maximum absolute atomic E-state index is 11.0. The Morgan fingerprint density at radius 2 is 2.04 bits per heavy atom. The number of piperazine rings is 1. The molecule has 1 aliphatic heterocycles. The van der Waals surface area contributed by atoms with Crippen molar-refractivity contribution in [2.24, 2.45) is 0 Å². The molecular formula is C18H19N5O3. The zero-order valence-electron chi connectivity index (χ0n) is 14.1. The molecule has 8 nitrogen and oxygen atoms in total. The van der Waals surface area contributed by atoms with Gasteiger partial charge in [0.25, 0.3) is 0 Å². The smallest absolute Gasteiger partial charge is 0.407 e. The molecule has 0 radical (unpaired) electrons. The fraction of sp³-hybridized carbons (Fsp3) is 0.278. The first-order valence-electron chi connectivity index (χ1n) is 8.40. The lowest BCUT2D eigenvalue weighted by molar-refractivity contribution is 0.103. The lowest BCUT2D eigenvalue weighted by atomic mass is 10.1. The van der Waals surface area contributed by atoms with Crippen molar-refractivity contribution in [3.63, 3.8) is 0 Å². The van der Waals surface area contributed by atoms with E-state index in [9.17, 15) is 4.79 Å². The summed E-state index contributed by atoms with van der Waals surface area (Å²) in [6.45, 7) is 3.12. The van der Waals surface area contributed by atoms with Crippen LogP contribution in [0.4, 0.5) is 10.5 Å². The van der Waals surface area contributed by atoms with E-state index in [1.165, 1.54) is 4.90 Å². The molecule has 8 heteroatoms. The van der Waals surface area contributed by atoms with E-state index in [1.54, 1.807) is 12.3 Å². The molecule has 134 valence electrons. The first kappa shape index (κ1) is 16.3. The van der Waals surface area contributed by atoms with Gasteiger partial charge in [0.15, 0.2) is 11.2 Å². The number of anilines is 1. The van der Waals surface area contributed by atoms with Crippen LogP contribution in [0.25, 0.3) is 22.7 Å². The molecule has 1 saturated heterocycles. The molecule has 1 fully saturated rings. The minimum Gasteiger partial charge on any atom is -0.465 e. The van der Waals surface area contributed by atoms with Crippen LogP contribution in [0.15, 0.2) is 40.9 Å². The Kier molecular flexibility index (Phi) is 4.18. The fourth-order valence-corrected chi connectivity index (χ4v) is 3.18. The number of fused-ring (bicyclic) bond motifs is 1. The summed E-state index contributed by atoms with van der Waals surface area (Å²) in [5, 5.41) is 9.04. The lowest BCUT2D eigenvalue weighted by Gasteiger charge is -2.33. The van der Waals surface area contributed by atoms with Crippen LogP contribution >= 0.6 is 0 Å². The van der Waals surface area contributed by atoms with Crippen LogP contribution in [-0.4, -0.2) is 57.1 Å². The Bertz CT molecular complexity index is 914. The quantitative estimate of drug-likeness (QED) is 0.695. The van der Waals surface area contributed by atoms with E-state index in [1.807, 2.05) is 24.3 Å². The molecule has 26 heavy (non-hydrogen) atoms. The molecule has 3 heterocycles. The molecule has 0 saturated carbocycles. The van der Waals surface area contributed by atoms with Crippen molar-refractivity contribution in [3.05, 3.63) is 42.1 Å². The summed E-state index contributed by atoms with van der Waals surface area (Å²) in [5.74, 6) is 0.489. The normalized spacial score (nSPS) is 15.5. The molecule has 3 aromatic rings. The third-order valence-electron chi connectivity index (χ3n) is 4.48. The van der Waals surface area contributed by atoms with Crippen LogP contribution in [-0.2, 0) is 6.54 Å². The van der Waals surface area contributed by atoms with E-state index in [-0.39, 0.29) is 0 Å². The lowest BCUT2D eigenvalue weighted by Crippen LogP contribution is -2.47. The van der Waals surface area contributed by atoms with Crippen molar-refractivity contribution in [2.45, 2.75) is 6.54 Å². The third kappa shape index (κ3) is 3.31. The number of oxazole rings is 1. The average molecular weight is 353 g/mol. The van der Waals surface area contributed by atoms with Crippen molar-refractivity contribution >= 4 is 23.0 Å². The largest absolute Gasteiger partial charge is 0.465 e. The van der Waals surface area contributed by atoms with Gasteiger partial charge < -0.3 is 20.2 Å². The number of pyridine rings is 1. The number of nitrogens with two attached hydrogens (primary N) is 1. The van der Waals surface area contributed by atoms with Crippen LogP contribution in [0, 0.1) is 0 Å². The van der Waals surface area contributed by atoms with Gasteiger partial charge in [-0.05, 0) is 35.9 Å². The average Bonchev–Trinajstić information content (AvgIpc) is 3.06. The second-order valence-corrected chi connectivity index (χ2v) is 6.35. The van der Waals surface area contributed by atoms with Crippen LogP contribution < -0.4 is 5.73 Å². The van der Waals surface area contributed by atoms with Gasteiger partial charge in [-0.15, -0.1) is 0 Å². The summed E-state index contributed by atoms with van der Waals surface area (Å²) in [4.78, 5) is 23.3. The Labute approximate surface area is 149 Å². The van der Waals surface area contributed by atoms with Crippen LogP contribution in [0.2, 0.25) is 0 Å². The Balaban J connectivity index is 1.54. The van der Waals surface area contributed by atoms with Crippen molar-refractivity contribution < 1.29 is 14.3 Å². The number of rotatable bonds is 3. The number of amides is 1. The molecule has 1 aromatic carbocycles. The first-order chi connectivity index (χ1) is 12.6. The van der Waals surface area contributed by atoms with Crippen molar-refractivity contribution in [1.82, 2.24) is 19.8 Å². The molecular weight excluding hydrogens is 334 g/mol. The van der Waals surface area contributed by atoms with E-state index in [0.29, 0.717) is 55.5 Å². The summed E-state index contributed by atoms with van der Waals surface area (Å²) in [6, 6.07) is 9.39. The number of carboxylic acid groups (broad SMARTS) is 1. The molecule has 0 spiro atoms. The van der Waals surface area contributed by atoms with Gasteiger partial charge in [-0.1, -0.05) is 0 Å². The number of benzene rings is 1. The SMILES string of the molecule is Nc1cc(CN2CCN(C(=O)O)CC2)cc(-c2nc3ncccc3o2)c1. The summed E-state index contributed by atoms with van der Waals surface area (Å²) < 4.78 is 5.78. The minimum absolute atomic E-state index is 0.489. The Morgan fingerprint density at radius 3 is 2.77 bits per heavy atom. The van der Waals surface area contributed by atoms with Gasteiger partial charge in [0, 0.05) is 50.2 Å². The van der Waals surface area contributed by atoms with E-state index in [0.717, 1.165) is 11.1 Å². The van der Waals surface area contributed by atoms with Gasteiger partial charge in [0.05, 0.1) is 0 Å². The Morgan fingerprint density at radius 1 is 1.23 bits per heavy atom. The Hall–Kier alpha value is -3.13. The van der Waals surface area contributed by atoms with Crippen LogP contribution in [0.5, 0.6) is 0 Å². The molecule has 3 N–H and O–H groups in total. The second kappa shape index (κ2) is 6.64. The monoisotopic (exact) mass is 353 g/mol. The number of nitrogens with zero attached hydrogens (tertiary/aromatic N) is 4. The highest BCUT2D eigenvalue weighted by molar-refractivity contribution is 5.73. The minimum atomic E-state index is -0.861. The standard InChI is InChI=1S/C18H19N5O3/c19-14-9-12(11-22-4-6-23(7-5-22)18(24)25)8-13(10-14)17-21-16-15(26-17)2-1-3-20-16/h1-3,8-10H,4-7,11,19H2,(H,24,25). The first-order valence-corrected chi connectivity index (χ1v) is 8.40. The molecule has 0 aliphatic carbocycles. The van der Waals surface area contributed by atoms with Gasteiger partial charge >= 0.3 is 6.09 Å². The van der Waals surface area contributed by atoms with Crippen LogP contribution in [0.1, 0.15) is 5.56 Å². The predicted molar refractivity (Wildman–Crippen MR) is 96.5 cm³/mol. The number of hydrogen-bond donors (Lipinski definition) is 2. The molecule has 0 unspecified atom stereocenters. The highest BCUT2D eigenvalue weighted by Gasteiger charge is 2.20. The van der Waals surface area contributed by atoms with Gasteiger partial charge in [-0.25, -0.2) is 9.78 Å². The maximum atomic E-state index is 11.0. The molecule has 0 bridgehead atoms. The van der Waals surface area contributed by atoms with Gasteiger partial charge in [0.1, 0.15) is 0 Å². The number of aromatic nitrogens is 2. The van der Waals surface area contributed by atoms with Crippen LogP contribution in [0.3, 0.4) is 0 Å². The second-order valence-electron chi connectivity index (χ2n) is 6.35. The van der Waals surface area contributed by atoms with Crippen molar-refractivity contribution in [3.8, 4) is 11.5 Å². The molecule has 4 rings (SSSR count). The number of nitrogen functional groups attached to an aromatic ring is 1.